The van der Waals surface area contributed by atoms with Crippen molar-refractivity contribution in [2.24, 2.45) is 5.73 Å². The van der Waals surface area contributed by atoms with Crippen LogP contribution in [0.15, 0.2) is 0 Å². The SMILES string of the molecule is NCCN1CCOCC1.[HH]. The normalized spacial score (nSPS) is 22.3. The summed E-state index contributed by atoms with van der Waals surface area (Å²) in [7, 11) is 0. The summed E-state index contributed by atoms with van der Waals surface area (Å²) in [6.07, 6.45) is 0. The first kappa shape index (κ1) is 6.99. The third-order valence-electron chi connectivity index (χ3n) is 1.55. The van der Waals surface area contributed by atoms with Gasteiger partial charge in [0.1, 0.15) is 0 Å². The highest BCUT2D eigenvalue weighted by Crippen LogP contribution is 1.93. The molecule has 0 bridgehead atoms. The van der Waals surface area contributed by atoms with Gasteiger partial charge in [0.05, 0.1) is 13.2 Å². The van der Waals surface area contributed by atoms with Crippen LogP contribution in [0, 0.1) is 0 Å². The fourth-order valence-electron chi connectivity index (χ4n) is 1.01. The second kappa shape index (κ2) is 3.82. The van der Waals surface area contributed by atoms with E-state index in [0.29, 0.717) is 0 Å². The van der Waals surface area contributed by atoms with Gasteiger partial charge in [0.2, 0.25) is 0 Å². The molecule has 1 aliphatic rings. The zero-order valence-electron chi connectivity index (χ0n) is 5.68. The lowest BCUT2D eigenvalue weighted by Gasteiger charge is -2.25. The van der Waals surface area contributed by atoms with E-state index in [1.54, 1.807) is 0 Å². The van der Waals surface area contributed by atoms with Crippen molar-refractivity contribution in [2.75, 3.05) is 39.4 Å². The van der Waals surface area contributed by atoms with Crippen LogP contribution >= 0.6 is 0 Å². The molecule has 0 radical (unpaired) electrons. The van der Waals surface area contributed by atoms with Gasteiger partial charge in [0.25, 0.3) is 0 Å². The van der Waals surface area contributed by atoms with Crippen LogP contribution < -0.4 is 5.73 Å². The van der Waals surface area contributed by atoms with Crippen LogP contribution in [0.1, 0.15) is 1.43 Å². The fourth-order valence-corrected chi connectivity index (χ4v) is 1.01. The van der Waals surface area contributed by atoms with E-state index in [1.165, 1.54) is 0 Å². The zero-order chi connectivity index (χ0) is 6.53. The van der Waals surface area contributed by atoms with Crippen molar-refractivity contribution < 1.29 is 6.16 Å². The van der Waals surface area contributed by atoms with Gasteiger partial charge >= 0.3 is 0 Å². The molecule has 3 nitrogen and oxygen atoms in total. The predicted octanol–water partition coefficient (Wildman–Crippen LogP) is -0.477. The molecular formula is C6H16N2O. The monoisotopic (exact) mass is 132 g/mol. The van der Waals surface area contributed by atoms with E-state index in [0.717, 1.165) is 39.4 Å². The molecule has 1 heterocycles. The Morgan fingerprint density at radius 2 is 2.11 bits per heavy atom. The lowest BCUT2D eigenvalue weighted by atomic mass is 10.4. The van der Waals surface area contributed by atoms with Crippen molar-refractivity contribution >= 4 is 0 Å². The van der Waals surface area contributed by atoms with E-state index in [2.05, 4.69) is 4.90 Å². The first-order valence-corrected chi connectivity index (χ1v) is 3.43. The molecule has 3 heteroatoms. The van der Waals surface area contributed by atoms with Gasteiger partial charge in [-0.3, -0.25) is 4.90 Å². The molecule has 9 heavy (non-hydrogen) atoms. The Hall–Kier alpha value is -0.120. The van der Waals surface area contributed by atoms with E-state index in [1.807, 2.05) is 0 Å². The molecule has 56 valence electrons. The van der Waals surface area contributed by atoms with Crippen LogP contribution in [0.4, 0.5) is 0 Å². The van der Waals surface area contributed by atoms with Gasteiger partial charge in [-0.1, -0.05) is 0 Å². The number of ether oxygens (including phenoxy) is 1. The van der Waals surface area contributed by atoms with Crippen LogP contribution in [0.2, 0.25) is 0 Å². The van der Waals surface area contributed by atoms with E-state index in [-0.39, 0.29) is 1.43 Å². The van der Waals surface area contributed by atoms with Crippen molar-refractivity contribution in [3.05, 3.63) is 0 Å². The average molecular weight is 132 g/mol. The minimum Gasteiger partial charge on any atom is -0.379 e. The van der Waals surface area contributed by atoms with Gasteiger partial charge in [-0.25, -0.2) is 0 Å². The Kier molecular flexibility index (Phi) is 2.97. The molecule has 0 spiro atoms. The van der Waals surface area contributed by atoms with Gasteiger partial charge < -0.3 is 10.5 Å². The van der Waals surface area contributed by atoms with Gasteiger partial charge in [0.15, 0.2) is 0 Å². The van der Waals surface area contributed by atoms with Crippen molar-refractivity contribution in [1.29, 1.82) is 0 Å². The maximum atomic E-state index is 5.38. The third kappa shape index (κ3) is 2.30. The molecule has 0 aromatic carbocycles. The minimum absolute atomic E-state index is 0. The van der Waals surface area contributed by atoms with Crippen molar-refractivity contribution in [3.8, 4) is 0 Å². The maximum Gasteiger partial charge on any atom is 0.0594 e. The van der Waals surface area contributed by atoms with Crippen LogP contribution in [0.5, 0.6) is 0 Å². The van der Waals surface area contributed by atoms with Gasteiger partial charge in [0, 0.05) is 27.6 Å². The van der Waals surface area contributed by atoms with Crippen LogP contribution in [-0.2, 0) is 4.74 Å². The Bertz CT molecular complexity index is 73.4. The molecule has 0 unspecified atom stereocenters. The topological polar surface area (TPSA) is 38.5 Å². The molecule has 1 fully saturated rings. The molecule has 0 aromatic rings. The Balaban J connectivity index is 0.000000810. The van der Waals surface area contributed by atoms with Crippen molar-refractivity contribution in [1.82, 2.24) is 4.90 Å². The van der Waals surface area contributed by atoms with Crippen LogP contribution in [0.3, 0.4) is 0 Å². The largest absolute Gasteiger partial charge is 0.379 e. The molecule has 1 aliphatic heterocycles. The first-order valence-electron chi connectivity index (χ1n) is 3.43. The second-order valence-electron chi connectivity index (χ2n) is 2.24. The van der Waals surface area contributed by atoms with Gasteiger partial charge in [-0.05, 0) is 0 Å². The second-order valence-corrected chi connectivity index (χ2v) is 2.24. The fraction of sp³-hybridized carbons (Fsp3) is 1.00. The van der Waals surface area contributed by atoms with Crippen molar-refractivity contribution in [3.63, 3.8) is 0 Å². The molecule has 0 aromatic heterocycles. The number of rotatable bonds is 2. The zero-order valence-corrected chi connectivity index (χ0v) is 5.68. The summed E-state index contributed by atoms with van der Waals surface area (Å²) < 4.78 is 5.16. The molecule has 0 amide bonds. The Morgan fingerprint density at radius 3 is 2.67 bits per heavy atom. The minimum atomic E-state index is 0. The molecular weight excluding hydrogens is 116 g/mol. The van der Waals surface area contributed by atoms with Gasteiger partial charge in [-0.2, -0.15) is 0 Å². The number of hydrogen-bond donors (Lipinski definition) is 1. The highest BCUT2D eigenvalue weighted by molar-refractivity contribution is 4.60. The highest BCUT2D eigenvalue weighted by atomic mass is 16.5. The average Bonchev–Trinajstić information content (AvgIpc) is 1.91. The quantitative estimate of drug-likeness (QED) is 0.551. The maximum absolute atomic E-state index is 5.38. The van der Waals surface area contributed by atoms with E-state index in [4.69, 9.17) is 10.5 Å². The van der Waals surface area contributed by atoms with E-state index >= 15 is 0 Å². The molecule has 0 saturated carbocycles. The van der Waals surface area contributed by atoms with Crippen LogP contribution in [0.25, 0.3) is 0 Å². The van der Waals surface area contributed by atoms with Crippen LogP contribution in [-0.4, -0.2) is 44.3 Å². The lowest BCUT2D eigenvalue weighted by Crippen LogP contribution is -2.39. The molecule has 1 saturated heterocycles. The standard InChI is InChI=1S/C6H14N2O.H2/c7-1-2-8-3-5-9-6-4-8;/h1-7H2;1H. The van der Waals surface area contributed by atoms with Gasteiger partial charge in [-0.15, -0.1) is 0 Å². The predicted molar refractivity (Wildman–Crippen MR) is 38.4 cm³/mol. The summed E-state index contributed by atoms with van der Waals surface area (Å²) in [5.41, 5.74) is 5.38. The molecule has 0 aliphatic carbocycles. The molecule has 2 N–H and O–H groups in total. The highest BCUT2D eigenvalue weighted by Gasteiger charge is 2.07. The first-order chi connectivity index (χ1) is 4.43. The number of nitrogens with two attached hydrogens (primary N) is 1. The summed E-state index contributed by atoms with van der Waals surface area (Å²) in [5.74, 6) is 0. The number of nitrogens with zero attached hydrogens (tertiary/aromatic N) is 1. The Morgan fingerprint density at radius 1 is 1.44 bits per heavy atom. The van der Waals surface area contributed by atoms with E-state index < -0.39 is 0 Å². The van der Waals surface area contributed by atoms with Crippen molar-refractivity contribution in [2.45, 2.75) is 0 Å². The molecule has 0 atom stereocenters. The summed E-state index contributed by atoms with van der Waals surface area (Å²) in [6, 6.07) is 0. The third-order valence-corrected chi connectivity index (χ3v) is 1.55. The summed E-state index contributed by atoms with van der Waals surface area (Å²) in [6.45, 7) is 5.64. The van der Waals surface area contributed by atoms with E-state index in [9.17, 15) is 0 Å². The number of hydrogen-bond acceptors (Lipinski definition) is 3. The smallest absolute Gasteiger partial charge is 0.0594 e. The summed E-state index contributed by atoms with van der Waals surface area (Å²) >= 11 is 0. The Labute approximate surface area is 57.3 Å². The number of morpholine rings is 1. The molecule has 1 rings (SSSR count). The summed E-state index contributed by atoms with van der Waals surface area (Å²) in [4.78, 5) is 2.32. The summed E-state index contributed by atoms with van der Waals surface area (Å²) in [5, 5.41) is 0. The lowest BCUT2D eigenvalue weighted by molar-refractivity contribution is 0.0394.